The molecule has 104 valence electrons. The quantitative estimate of drug-likeness (QED) is 0.762. The van der Waals surface area contributed by atoms with Gasteiger partial charge in [-0.1, -0.05) is 6.92 Å². The fourth-order valence-corrected chi connectivity index (χ4v) is 2.40. The molecule has 4 nitrogen and oxygen atoms in total. The lowest BCUT2D eigenvalue weighted by atomic mass is 10.1. The lowest BCUT2D eigenvalue weighted by molar-refractivity contribution is -0.125. The van der Waals surface area contributed by atoms with Crippen molar-refractivity contribution < 1.29 is 9.21 Å². The first-order valence-corrected chi connectivity index (χ1v) is 6.88. The zero-order valence-electron chi connectivity index (χ0n) is 11.7. The Morgan fingerprint density at radius 1 is 1.63 bits per heavy atom. The predicted molar refractivity (Wildman–Crippen MR) is 75.6 cm³/mol. The molecule has 0 aromatic carbocycles. The van der Waals surface area contributed by atoms with Gasteiger partial charge in [0.15, 0.2) is 0 Å². The second-order valence-electron chi connectivity index (χ2n) is 5.14. The molecule has 1 amide bonds. The molecule has 1 aliphatic rings. The number of hydrogen-bond acceptors (Lipinski definition) is 3. The largest absolute Gasteiger partial charge is 0.465 e. The summed E-state index contributed by atoms with van der Waals surface area (Å²) in [5, 5.41) is 0. The van der Waals surface area contributed by atoms with Gasteiger partial charge in [0.2, 0.25) is 5.91 Å². The van der Waals surface area contributed by atoms with Crippen LogP contribution in [0.5, 0.6) is 0 Å². The standard InChI is InChI=1S/C15H22N2O2/c1-3-16(2)11-13-8-9-17(12-13)15(18)7-6-14-5-4-10-19-14/h4-7,10,13H,3,8-9,11-12H2,1-2H3/b7-6+/t13-/m1/s1. The molecule has 2 rings (SSSR count). The van der Waals surface area contributed by atoms with Crippen LogP contribution in [0, 0.1) is 5.92 Å². The lowest BCUT2D eigenvalue weighted by Gasteiger charge is -2.19. The molecule has 0 bridgehead atoms. The number of carbonyl (C=O) groups is 1. The molecule has 1 fully saturated rings. The van der Waals surface area contributed by atoms with Crippen LogP contribution in [0.3, 0.4) is 0 Å². The SMILES string of the molecule is CCN(C)C[C@H]1CCN(C(=O)/C=C/c2ccco2)C1. The summed E-state index contributed by atoms with van der Waals surface area (Å²) >= 11 is 0. The Balaban J connectivity index is 1.81. The summed E-state index contributed by atoms with van der Waals surface area (Å²) in [5.74, 6) is 1.40. The van der Waals surface area contributed by atoms with E-state index < -0.39 is 0 Å². The van der Waals surface area contributed by atoms with Crippen molar-refractivity contribution in [3.05, 3.63) is 30.2 Å². The monoisotopic (exact) mass is 262 g/mol. The number of likely N-dealkylation sites (tertiary alicyclic amines) is 1. The second-order valence-corrected chi connectivity index (χ2v) is 5.14. The van der Waals surface area contributed by atoms with Gasteiger partial charge in [0, 0.05) is 25.7 Å². The van der Waals surface area contributed by atoms with Crippen LogP contribution in [0.2, 0.25) is 0 Å². The molecule has 0 saturated carbocycles. The van der Waals surface area contributed by atoms with Crippen molar-refractivity contribution >= 4 is 12.0 Å². The van der Waals surface area contributed by atoms with Gasteiger partial charge in [0.05, 0.1) is 6.26 Å². The van der Waals surface area contributed by atoms with Crippen LogP contribution in [0.25, 0.3) is 6.08 Å². The van der Waals surface area contributed by atoms with Gasteiger partial charge in [-0.3, -0.25) is 4.79 Å². The summed E-state index contributed by atoms with van der Waals surface area (Å²) in [7, 11) is 2.13. The summed E-state index contributed by atoms with van der Waals surface area (Å²) in [6.45, 7) is 6.02. The van der Waals surface area contributed by atoms with Crippen LogP contribution in [0.15, 0.2) is 28.9 Å². The van der Waals surface area contributed by atoms with Gasteiger partial charge >= 0.3 is 0 Å². The summed E-state index contributed by atoms with van der Waals surface area (Å²) in [6.07, 6.45) is 6.04. The number of hydrogen-bond donors (Lipinski definition) is 0. The maximum atomic E-state index is 12.0. The highest BCUT2D eigenvalue weighted by Gasteiger charge is 2.25. The normalized spacial score (nSPS) is 19.7. The fourth-order valence-electron chi connectivity index (χ4n) is 2.40. The third-order valence-corrected chi connectivity index (χ3v) is 3.64. The van der Waals surface area contributed by atoms with E-state index in [2.05, 4.69) is 18.9 Å². The molecule has 4 heteroatoms. The second kappa shape index (κ2) is 6.57. The maximum absolute atomic E-state index is 12.0. The molecule has 0 spiro atoms. The molecule has 1 aromatic rings. The topological polar surface area (TPSA) is 36.7 Å². The highest BCUT2D eigenvalue weighted by atomic mass is 16.3. The van der Waals surface area contributed by atoms with Crippen molar-refractivity contribution in [3.8, 4) is 0 Å². The van der Waals surface area contributed by atoms with Crippen LogP contribution in [0.4, 0.5) is 0 Å². The van der Waals surface area contributed by atoms with Gasteiger partial charge in [0.25, 0.3) is 0 Å². The molecular weight excluding hydrogens is 240 g/mol. The number of furan rings is 1. The summed E-state index contributed by atoms with van der Waals surface area (Å²) in [5.41, 5.74) is 0. The first-order chi connectivity index (χ1) is 9.19. The molecule has 0 unspecified atom stereocenters. The van der Waals surface area contributed by atoms with Crippen molar-refractivity contribution in [1.82, 2.24) is 9.80 Å². The smallest absolute Gasteiger partial charge is 0.246 e. The van der Waals surface area contributed by atoms with Crippen LogP contribution >= 0.6 is 0 Å². The van der Waals surface area contributed by atoms with Crippen molar-refractivity contribution in [1.29, 1.82) is 0 Å². The molecule has 0 aliphatic carbocycles. The Kier molecular flexibility index (Phi) is 4.80. The van der Waals surface area contributed by atoms with Crippen LogP contribution < -0.4 is 0 Å². The molecule has 1 aliphatic heterocycles. The van der Waals surface area contributed by atoms with Crippen LogP contribution in [-0.4, -0.2) is 48.9 Å². The molecular formula is C15H22N2O2. The van der Waals surface area contributed by atoms with Gasteiger partial charge in [-0.25, -0.2) is 0 Å². The van der Waals surface area contributed by atoms with Gasteiger partial charge in [-0.15, -0.1) is 0 Å². The molecule has 2 heterocycles. The maximum Gasteiger partial charge on any atom is 0.246 e. The first kappa shape index (κ1) is 13.9. The van der Waals surface area contributed by atoms with E-state index in [4.69, 9.17) is 4.42 Å². The average molecular weight is 262 g/mol. The minimum atomic E-state index is 0.0815. The van der Waals surface area contributed by atoms with Gasteiger partial charge in [-0.2, -0.15) is 0 Å². The van der Waals surface area contributed by atoms with Crippen LogP contribution in [0.1, 0.15) is 19.1 Å². The number of amides is 1. The molecule has 1 saturated heterocycles. The van der Waals surface area contributed by atoms with Crippen molar-refractivity contribution in [2.75, 3.05) is 33.2 Å². The number of rotatable bonds is 5. The highest BCUT2D eigenvalue weighted by Crippen LogP contribution is 2.17. The minimum Gasteiger partial charge on any atom is -0.465 e. The van der Waals surface area contributed by atoms with E-state index in [-0.39, 0.29) is 5.91 Å². The number of nitrogens with zero attached hydrogens (tertiary/aromatic N) is 2. The van der Waals surface area contributed by atoms with E-state index in [0.717, 1.165) is 38.4 Å². The highest BCUT2D eigenvalue weighted by molar-refractivity contribution is 5.91. The van der Waals surface area contributed by atoms with Crippen molar-refractivity contribution in [3.63, 3.8) is 0 Å². The van der Waals surface area contributed by atoms with E-state index in [1.165, 1.54) is 0 Å². The van der Waals surface area contributed by atoms with E-state index >= 15 is 0 Å². The van der Waals surface area contributed by atoms with Crippen molar-refractivity contribution in [2.45, 2.75) is 13.3 Å². The van der Waals surface area contributed by atoms with E-state index in [1.54, 1.807) is 18.4 Å². The van der Waals surface area contributed by atoms with Gasteiger partial charge in [0.1, 0.15) is 5.76 Å². The Bertz CT molecular complexity index is 425. The predicted octanol–water partition coefficient (Wildman–Crippen LogP) is 2.09. The molecule has 1 atom stereocenters. The average Bonchev–Trinajstić information content (AvgIpc) is 3.07. The summed E-state index contributed by atoms with van der Waals surface area (Å²) in [6, 6.07) is 3.66. The Morgan fingerprint density at radius 3 is 3.16 bits per heavy atom. The first-order valence-electron chi connectivity index (χ1n) is 6.88. The third kappa shape index (κ3) is 3.96. The van der Waals surface area contributed by atoms with Crippen molar-refractivity contribution in [2.24, 2.45) is 5.92 Å². The summed E-state index contributed by atoms with van der Waals surface area (Å²) in [4.78, 5) is 16.3. The molecule has 0 radical (unpaired) electrons. The zero-order chi connectivity index (χ0) is 13.7. The zero-order valence-corrected chi connectivity index (χ0v) is 11.7. The van der Waals surface area contributed by atoms with E-state index in [1.807, 2.05) is 17.0 Å². The third-order valence-electron chi connectivity index (χ3n) is 3.64. The van der Waals surface area contributed by atoms with Gasteiger partial charge < -0.3 is 14.2 Å². The fraction of sp³-hybridized carbons (Fsp3) is 0.533. The van der Waals surface area contributed by atoms with Crippen LogP contribution in [-0.2, 0) is 4.79 Å². The van der Waals surface area contributed by atoms with E-state index in [0.29, 0.717) is 5.92 Å². The Labute approximate surface area is 114 Å². The molecule has 1 aromatic heterocycles. The Hall–Kier alpha value is -1.55. The summed E-state index contributed by atoms with van der Waals surface area (Å²) < 4.78 is 5.17. The molecule has 19 heavy (non-hydrogen) atoms. The Morgan fingerprint density at radius 2 is 2.47 bits per heavy atom. The lowest BCUT2D eigenvalue weighted by Crippen LogP contribution is -2.30. The van der Waals surface area contributed by atoms with Gasteiger partial charge in [-0.05, 0) is 44.1 Å². The minimum absolute atomic E-state index is 0.0815. The number of carbonyl (C=O) groups excluding carboxylic acids is 1. The van der Waals surface area contributed by atoms with E-state index in [9.17, 15) is 4.79 Å². The molecule has 0 N–H and O–H groups in total.